The monoisotopic (exact) mass is 559 g/mol. The van der Waals surface area contributed by atoms with Gasteiger partial charge in [-0.3, -0.25) is 19.2 Å². The third kappa shape index (κ3) is 6.28. The normalized spacial score (nSPS) is 33.3. The van der Waals surface area contributed by atoms with E-state index in [2.05, 4.69) is 12.2 Å². The lowest BCUT2D eigenvalue weighted by atomic mass is 9.78. The third-order valence-electron chi connectivity index (χ3n) is 8.46. The fourth-order valence-electron chi connectivity index (χ4n) is 6.45. The molecule has 4 aliphatic heterocycles. The number of rotatable bonds is 10. The molecular formula is C30H45N3O7. The zero-order valence-corrected chi connectivity index (χ0v) is 23.9. The van der Waals surface area contributed by atoms with E-state index in [0.717, 1.165) is 32.1 Å². The summed E-state index contributed by atoms with van der Waals surface area (Å²) in [6, 6.07) is -0.867. The van der Waals surface area contributed by atoms with Crippen LogP contribution in [0.2, 0.25) is 0 Å². The Labute approximate surface area is 237 Å². The van der Waals surface area contributed by atoms with Crippen LogP contribution in [0.5, 0.6) is 0 Å². The van der Waals surface area contributed by atoms with Gasteiger partial charge in [0.2, 0.25) is 17.7 Å². The minimum absolute atomic E-state index is 0.126. The molecule has 3 amide bonds. The highest BCUT2D eigenvalue weighted by Gasteiger charge is 2.71. The molecule has 0 aromatic heterocycles. The Morgan fingerprint density at radius 2 is 1.80 bits per heavy atom. The first kappa shape index (κ1) is 30.2. The molecule has 6 atom stereocenters. The maximum atomic E-state index is 14.2. The van der Waals surface area contributed by atoms with Crippen molar-refractivity contribution in [1.82, 2.24) is 15.1 Å². The number of nitrogens with one attached hydrogen (secondary N) is 1. The Bertz CT molecular complexity index is 998. The van der Waals surface area contributed by atoms with Crippen LogP contribution in [0.1, 0.15) is 71.6 Å². The molecule has 10 heteroatoms. The van der Waals surface area contributed by atoms with Gasteiger partial charge in [-0.05, 0) is 32.6 Å². The summed E-state index contributed by atoms with van der Waals surface area (Å²) >= 11 is 0. The van der Waals surface area contributed by atoms with Gasteiger partial charge in [-0.25, -0.2) is 0 Å². The summed E-state index contributed by atoms with van der Waals surface area (Å²) in [5, 5.41) is 11.9. The predicted molar refractivity (Wildman–Crippen MR) is 148 cm³/mol. The summed E-state index contributed by atoms with van der Waals surface area (Å²) in [6.45, 7) is 5.54. The molecule has 4 aliphatic rings. The Morgan fingerprint density at radius 3 is 2.58 bits per heavy atom. The highest BCUT2D eigenvalue weighted by atomic mass is 16.6. The smallest absolute Gasteiger partial charge is 0.313 e. The van der Waals surface area contributed by atoms with Crippen molar-refractivity contribution >= 4 is 23.7 Å². The molecule has 10 nitrogen and oxygen atoms in total. The lowest BCUT2D eigenvalue weighted by molar-refractivity contribution is -0.158. The number of likely N-dealkylation sites (tertiary alicyclic amines) is 1. The van der Waals surface area contributed by atoms with Gasteiger partial charge >= 0.3 is 5.97 Å². The fourth-order valence-corrected chi connectivity index (χ4v) is 6.45. The number of esters is 1. The van der Waals surface area contributed by atoms with Gasteiger partial charge in [0.15, 0.2) is 0 Å². The second-order valence-corrected chi connectivity index (χ2v) is 11.4. The van der Waals surface area contributed by atoms with Crippen LogP contribution in [-0.2, 0) is 28.7 Å². The van der Waals surface area contributed by atoms with Gasteiger partial charge in [0.25, 0.3) is 0 Å². The number of aliphatic hydroxyl groups is 1. The van der Waals surface area contributed by atoms with Crippen molar-refractivity contribution < 1.29 is 33.8 Å². The minimum atomic E-state index is -1.28. The van der Waals surface area contributed by atoms with Crippen LogP contribution in [-0.4, -0.2) is 95.2 Å². The van der Waals surface area contributed by atoms with E-state index in [-0.39, 0.29) is 30.9 Å². The molecular weight excluding hydrogens is 514 g/mol. The van der Waals surface area contributed by atoms with E-state index in [4.69, 9.17) is 14.6 Å². The molecule has 2 saturated heterocycles. The van der Waals surface area contributed by atoms with Crippen LogP contribution in [0, 0.1) is 11.8 Å². The number of carbonyl (C=O) groups is 4. The maximum Gasteiger partial charge on any atom is 0.313 e. The number of fused-ring (bicyclic) bond motifs is 2. The molecule has 0 aromatic carbocycles. The van der Waals surface area contributed by atoms with Crippen molar-refractivity contribution in [2.24, 2.45) is 11.8 Å². The summed E-state index contributed by atoms with van der Waals surface area (Å²) in [4.78, 5) is 57.6. The summed E-state index contributed by atoms with van der Waals surface area (Å²) in [7, 11) is 0. The fraction of sp³-hybridized carbons (Fsp3) is 0.733. The van der Waals surface area contributed by atoms with Crippen LogP contribution in [0.4, 0.5) is 0 Å². The molecule has 0 aliphatic carbocycles. The van der Waals surface area contributed by atoms with Crippen molar-refractivity contribution in [2.75, 3.05) is 32.8 Å². The molecule has 0 saturated carbocycles. The Hall–Kier alpha value is -2.72. The van der Waals surface area contributed by atoms with Crippen LogP contribution < -0.4 is 5.32 Å². The Kier molecular flexibility index (Phi) is 10.4. The summed E-state index contributed by atoms with van der Waals surface area (Å²) in [6.07, 6.45) is 12.7. The molecule has 1 spiro atoms. The van der Waals surface area contributed by atoms with E-state index in [1.165, 1.54) is 0 Å². The Morgan fingerprint density at radius 1 is 1.02 bits per heavy atom. The van der Waals surface area contributed by atoms with Crippen molar-refractivity contribution in [3.05, 3.63) is 24.3 Å². The van der Waals surface area contributed by atoms with Gasteiger partial charge in [0.1, 0.15) is 23.7 Å². The quantitative estimate of drug-likeness (QED) is 0.239. The van der Waals surface area contributed by atoms with E-state index in [0.29, 0.717) is 45.3 Å². The average molecular weight is 560 g/mol. The molecule has 0 unspecified atom stereocenters. The lowest BCUT2D eigenvalue weighted by Gasteiger charge is -2.35. The van der Waals surface area contributed by atoms with Gasteiger partial charge in [0.05, 0.1) is 18.6 Å². The number of cyclic esters (lactones) is 1. The van der Waals surface area contributed by atoms with Crippen LogP contribution in [0.25, 0.3) is 0 Å². The predicted octanol–water partition coefficient (Wildman–Crippen LogP) is 2.11. The first-order valence-electron chi connectivity index (χ1n) is 15.0. The SMILES string of the molecule is CCCCCN1CC=C[C@]23O[C@@H]4/C=C\CCC(=O)NC[C@@H](C)OC(=O)[C@@H]4[C@H]2C(=O)N(CCCCCCO)[C@@H]3C1=O. The lowest BCUT2D eigenvalue weighted by Crippen LogP contribution is -2.55. The molecule has 4 rings (SSSR count). The van der Waals surface area contributed by atoms with E-state index >= 15 is 0 Å². The Balaban J connectivity index is 1.69. The minimum Gasteiger partial charge on any atom is -0.460 e. The number of allylic oxidation sites excluding steroid dienone is 1. The van der Waals surface area contributed by atoms with Gasteiger partial charge in [-0.2, -0.15) is 0 Å². The molecule has 40 heavy (non-hydrogen) atoms. The van der Waals surface area contributed by atoms with Crippen molar-refractivity contribution in [3.63, 3.8) is 0 Å². The molecule has 0 aromatic rings. The molecule has 222 valence electrons. The number of carbonyl (C=O) groups excluding carboxylic acids is 4. The second-order valence-electron chi connectivity index (χ2n) is 11.4. The van der Waals surface area contributed by atoms with E-state index in [1.54, 1.807) is 17.9 Å². The molecule has 0 radical (unpaired) electrons. The van der Waals surface area contributed by atoms with Gasteiger partial charge < -0.3 is 29.7 Å². The topological polar surface area (TPSA) is 125 Å². The maximum absolute atomic E-state index is 14.2. The molecule has 0 bridgehead atoms. The average Bonchev–Trinajstić information content (AvgIpc) is 3.31. The van der Waals surface area contributed by atoms with Crippen LogP contribution in [0.15, 0.2) is 24.3 Å². The summed E-state index contributed by atoms with van der Waals surface area (Å²) in [5.74, 6) is -2.89. The summed E-state index contributed by atoms with van der Waals surface area (Å²) < 4.78 is 12.4. The van der Waals surface area contributed by atoms with E-state index < -0.39 is 41.7 Å². The third-order valence-corrected chi connectivity index (χ3v) is 8.46. The van der Waals surface area contributed by atoms with Crippen LogP contribution >= 0.6 is 0 Å². The van der Waals surface area contributed by atoms with Gasteiger partial charge in [-0.15, -0.1) is 0 Å². The van der Waals surface area contributed by atoms with E-state index in [9.17, 15) is 19.2 Å². The molecule has 2 N–H and O–H groups in total. The zero-order chi connectivity index (χ0) is 28.7. The first-order chi connectivity index (χ1) is 19.3. The zero-order valence-electron chi connectivity index (χ0n) is 23.9. The number of hydrogen-bond acceptors (Lipinski definition) is 7. The van der Waals surface area contributed by atoms with Crippen LogP contribution in [0.3, 0.4) is 0 Å². The van der Waals surface area contributed by atoms with Gasteiger partial charge in [0, 0.05) is 32.7 Å². The standard InChI is InChI=1S/C30H45N3O7/c1-3-4-9-16-32-17-12-15-30-25(27(36)33(26(30)28(32)37)18-10-5-6-11-19-34)24-22(40-30)13-7-8-14-23(35)31-20-21(2)39-29(24)38/h7,12-13,15,21-22,24-26,34H,3-6,8-11,14,16-20H2,1-2H3,(H,31,35)/b13-7-/t21-,22-,24+,25+,26-,30+/m1/s1. The molecule has 4 heterocycles. The number of aliphatic hydroxyl groups excluding tert-OH is 1. The van der Waals surface area contributed by atoms with Crippen molar-refractivity contribution in [1.29, 1.82) is 0 Å². The number of unbranched alkanes of at least 4 members (excludes halogenated alkanes) is 5. The van der Waals surface area contributed by atoms with Gasteiger partial charge in [-0.1, -0.05) is 56.9 Å². The number of ether oxygens (including phenoxy) is 2. The van der Waals surface area contributed by atoms with Crippen molar-refractivity contribution in [3.8, 4) is 0 Å². The first-order valence-corrected chi connectivity index (χ1v) is 15.0. The number of nitrogens with zero attached hydrogens (tertiary/aromatic N) is 2. The molecule has 2 fully saturated rings. The highest BCUT2D eigenvalue weighted by molar-refractivity contribution is 5.99. The largest absolute Gasteiger partial charge is 0.460 e. The second kappa shape index (κ2) is 13.8. The number of hydrogen-bond donors (Lipinski definition) is 2. The highest BCUT2D eigenvalue weighted by Crippen LogP contribution is 2.53. The number of amides is 3. The van der Waals surface area contributed by atoms with E-state index in [1.807, 2.05) is 23.1 Å². The van der Waals surface area contributed by atoms with Crippen molar-refractivity contribution in [2.45, 2.75) is 95.5 Å². The summed E-state index contributed by atoms with van der Waals surface area (Å²) in [5.41, 5.74) is -1.28.